The van der Waals surface area contributed by atoms with Crippen molar-refractivity contribution in [1.29, 1.82) is 0 Å². The molecule has 0 aromatic carbocycles. The van der Waals surface area contributed by atoms with Gasteiger partial charge in [0.15, 0.2) is 5.96 Å². The van der Waals surface area contributed by atoms with Gasteiger partial charge in [0.05, 0.1) is 19.8 Å². The Morgan fingerprint density at radius 2 is 2.00 bits per heavy atom. The monoisotopic (exact) mass is 376 g/mol. The summed E-state index contributed by atoms with van der Waals surface area (Å²) >= 11 is 0. The normalized spacial score (nSPS) is 21.1. The molecule has 0 unspecified atom stereocenters. The Kier molecular flexibility index (Phi) is 7.95. The van der Waals surface area contributed by atoms with Crippen molar-refractivity contribution >= 4 is 5.96 Å². The van der Waals surface area contributed by atoms with E-state index in [1.165, 1.54) is 32.1 Å². The van der Waals surface area contributed by atoms with Gasteiger partial charge in [0, 0.05) is 50.7 Å². The average molecular weight is 377 g/mol. The summed E-state index contributed by atoms with van der Waals surface area (Å²) in [7, 11) is 0. The first kappa shape index (κ1) is 20.1. The van der Waals surface area contributed by atoms with Crippen LogP contribution in [0.25, 0.3) is 0 Å². The van der Waals surface area contributed by atoms with Gasteiger partial charge >= 0.3 is 0 Å². The van der Waals surface area contributed by atoms with Crippen molar-refractivity contribution in [3.63, 3.8) is 0 Å². The lowest BCUT2D eigenvalue weighted by molar-refractivity contribution is -0.0333. The number of nitrogens with one attached hydrogen (secondary N) is 2. The van der Waals surface area contributed by atoms with E-state index in [0.717, 1.165) is 64.9 Å². The van der Waals surface area contributed by atoms with Gasteiger partial charge in [-0.15, -0.1) is 0 Å². The first-order valence-electron chi connectivity index (χ1n) is 10.6. The van der Waals surface area contributed by atoms with E-state index in [1.54, 1.807) is 0 Å². The van der Waals surface area contributed by atoms with Gasteiger partial charge in [-0.05, 0) is 32.3 Å². The first-order chi connectivity index (χ1) is 13.3. The molecule has 2 fully saturated rings. The molecule has 0 atom stereocenters. The zero-order valence-electron chi connectivity index (χ0n) is 16.8. The first-order valence-corrected chi connectivity index (χ1v) is 10.6. The summed E-state index contributed by atoms with van der Waals surface area (Å²) in [5.41, 5.74) is 0.222. The molecule has 0 radical (unpaired) electrons. The maximum Gasteiger partial charge on any atom is 0.191 e. The Bertz CT molecular complexity index is 547. The van der Waals surface area contributed by atoms with Crippen LogP contribution in [-0.4, -0.2) is 72.1 Å². The minimum Gasteiger partial charge on any atom is -0.379 e. The van der Waals surface area contributed by atoms with E-state index in [9.17, 15) is 0 Å². The Hall–Kier alpha value is -1.60. The van der Waals surface area contributed by atoms with Gasteiger partial charge in [-0.3, -0.25) is 14.6 Å². The second-order valence-electron chi connectivity index (χ2n) is 7.63. The van der Waals surface area contributed by atoms with Crippen molar-refractivity contribution in [2.75, 3.05) is 45.9 Å². The molecule has 7 heteroatoms. The molecule has 1 saturated carbocycles. The summed E-state index contributed by atoms with van der Waals surface area (Å²) in [6, 6.07) is 1.97. The lowest BCUT2D eigenvalue weighted by Crippen LogP contribution is -2.56. The molecular weight excluding hydrogens is 340 g/mol. The third-order valence-electron chi connectivity index (χ3n) is 5.76. The number of guanidine groups is 1. The Morgan fingerprint density at radius 1 is 1.19 bits per heavy atom. The Morgan fingerprint density at radius 3 is 2.70 bits per heavy atom. The van der Waals surface area contributed by atoms with Gasteiger partial charge in [0.2, 0.25) is 0 Å². The average Bonchev–Trinajstić information content (AvgIpc) is 3.24. The minimum absolute atomic E-state index is 0.222. The topological polar surface area (TPSA) is 66.7 Å². The van der Waals surface area contributed by atoms with Crippen LogP contribution in [0.2, 0.25) is 0 Å². The summed E-state index contributed by atoms with van der Waals surface area (Å²) in [5.74, 6) is 0.941. The van der Waals surface area contributed by atoms with Crippen LogP contribution < -0.4 is 10.6 Å². The largest absolute Gasteiger partial charge is 0.379 e. The smallest absolute Gasteiger partial charge is 0.191 e. The maximum absolute atomic E-state index is 5.59. The third-order valence-corrected chi connectivity index (χ3v) is 5.76. The highest BCUT2D eigenvalue weighted by Gasteiger charge is 2.38. The van der Waals surface area contributed by atoms with Crippen molar-refractivity contribution in [2.45, 2.75) is 57.5 Å². The van der Waals surface area contributed by atoms with Crippen LogP contribution in [0, 0.1) is 0 Å². The van der Waals surface area contributed by atoms with Crippen molar-refractivity contribution < 1.29 is 4.74 Å². The highest BCUT2D eigenvalue weighted by molar-refractivity contribution is 5.79. The lowest BCUT2D eigenvalue weighted by Gasteiger charge is -2.47. The summed E-state index contributed by atoms with van der Waals surface area (Å²) in [6.45, 7) is 9.52. The molecule has 1 saturated heterocycles. The van der Waals surface area contributed by atoms with E-state index < -0.39 is 0 Å². The number of nitrogens with zero attached hydrogens (tertiary/aromatic N) is 4. The Balaban J connectivity index is 1.55. The van der Waals surface area contributed by atoms with E-state index in [1.807, 2.05) is 23.1 Å². The third kappa shape index (κ3) is 5.94. The van der Waals surface area contributed by atoms with Crippen LogP contribution in [0.3, 0.4) is 0 Å². The van der Waals surface area contributed by atoms with Gasteiger partial charge in [-0.2, -0.15) is 5.10 Å². The molecule has 0 spiro atoms. The van der Waals surface area contributed by atoms with Gasteiger partial charge in [-0.25, -0.2) is 0 Å². The molecule has 1 aromatic rings. The second-order valence-corrected chi connectivity index (χ2v) is 7.63. The lowest BCUT2D eigenvalue weighted by atomic mass is 9.80. The van der Waals surface area contributed by atoms with Crippen molar-refractivity contribution in [2.24, 2.45) is 4.99 Å². The van der Waals surface area contributed by atoms with Gasteiger partial charge in [0.1, 0.15) is 0 Å². The van der Waals surface area contributed by atoms with Crippen LogP contribution in [0.1, 0.15) is 45.4 Å². The fourth-order valence-electron chi connectivity index (χ4n) is 4.27. The van der Waals surface area contributed by atoms with Gasteiger partial charge in [0.25, 0.3) is 0 Å². The fraction of sp³-hybridized carbons (Fsp3) is 0.800. The summed E-state index contributed by atoms with van der Waals surface area (Å²) in [5, 5.41) is 11.2. The molecule has 2 heterocycles. The van der Waals surface area contributed by atoms with Crippen LogP contribution in [-0.2, 0) is 11.3 Å². The second kappa shape index (κ2) is 10.7. The van der Waals surface area contributed by atoms with Crippen molar-refractivity contribution in [3.8, 4) is 0 Å². The zero-order chi connectivity index (χ0) is 18.8. The molecule has 1 aliphatic carbocycles. The van der Waals surface area contributed by atoms with Crippen LogP contribution in [0.4, 0.5) is 0 Å². The molecule has 1 aromatic heterocycles. The summed E-state index contributed by atoms with van der Waals surface area (Å²) in [6.07, 6.45) is 11.4. The predicted molar refractivity (Wildman–Crippen MR) is 109 cm³/mol. The summed E-state index contributed by atoms with van der Waals surface area (Å²) in [4.78, 5) is 7.66. The molecule has 1 aliphatic heterocycles. The van der Waals surface area contributed by atoms with E-state index in [-0.39, 0.29) is 5.54 Å². The fourth-order valence-corrected chi connectivity index (χ4v) is 4.27. The molecule has 0 amide bonds. The number of ether oxygens (including phenoxy) is 1. The zero-order valence-corrected chi connectivity index (χ0v) is 16.8. The molecule has 3 rings (SSSR count). The predicted octanol–water partition coefficient (Wildman–Crippen LogP) is 1.86. The van der Waals surface area contributed by atoms with E-state index >= 15 is 0 Å². The van der Waals surface area contributed by atoms with Gasteiger partial charge in [-0.1, -0.05) is 19.3 Å². The van der Waals surface area contributed by atoms with E-state index in [2.05, 4.69) is 27.6 Å². The number of aryl methyl sites for hydroxylation is 1. The SMILES string of the molecule is CCNC(=NCC1(N2CCOCC2)CCCCC1)NCCCn1cccn1. The van der Waals surface area contributed by atoms with Crippen LogP contribution in [0.5, 0.6) is 0 Å². The molecule has 7 nitrogen and oxygen atoms in total. The van der Waals surface area contributed by atoms with Crippen molar-refractivity contribution in [1.82, 2.24) is 25.3 Å². The van der Waals surface area contributed by atoms with Crippen LogP contribution >= 0.6 is 0 Å². The minimum atomic E-state index is 0.222. The standard InChI is InChI=1S/C20H36N6O/c1-2-21-19(22-10-6-12-26-13-7-11-24-26)23-18-20(8-4-3-5-9-20)25-14-16-27-17-15-25/h7,11,13H,2-6,8-10,12,14-18H2,1H3,(H2,21,22,23). The summed E-state index contributed by atoms with van der Waals surface area (Å²) < 4.78 is 7.56. The molecule has 152 valence electrons. The number of morpholine rings is 1. The van der Waals surface area contributed by atoms with E-state index in [4.69, 9.17) is 9.73 Å². The highest BCUT2D eigenvalue weighted by Crippen LogP contribution is 2.34. The number of aromatic nitrogens is 2. The number of aliphatic imine (C=N–C) groups is 1. The number of hydrogen-bond donors (Lipinski definition) is 2. The quantitative estimate of drug-likeness (QED) is 0.412. The molecular formula is C20H36N6O. The molecule has 2 N–H and O–H groups in total. The van der Waals surface area contributed by atoms with Crippen molar-refractivity contribution in [3.05, 3.63) is 18.5 Å². The Labute approximate surface area is 163 Å². The highest BCUT2D eigenvalue weighted by atomic mass is 16.5. The molecule has 2 aliphatic rings. The van der Waals surface area contributed by atoms with Crippen LogP contribution in [0.15, 0.2) is 23.5 Å². The number of hydrogen-bond acceptors (Lipinski definition) is 4. The molecule has 27 heavy (non-hydrogen) atoms. The van der Waals surface area contributed by atoms with Gasteiger partial charge < -0.3 is 15.4 Å². The number of rotatable bonds is 8. The molecule has 0 bridgehead atoms. The van der Waals surface area contributed by atoms with E-state index in [0.29, 0.717) is 0 Å². The maximum atomic E-state index is 5.59.